The van der Waals surface area contributed by atoms with E-state index in [4.69, 9.17) is 10.5 Å². The van der Waals surface area contributed by atoms with Gasteiger partial charge in [-0.25, -0.2) is 4.39 Å². The van der Waals surface area contributed by atoms with Crippen LogP contribution in [-0.4, -0.2) is 4.57 Å². The van der Waals surface area contributed by atoms with E-state index in [1.54, 1.807) is 22.8 Å². The second kappa shape index (κ2) is 6.47. The summed E-state index contributed by atoms with van der Waals surface area (Å²) in [5.41, 5.74) is 8.70. The second-order valence-corrected chi connectivity index (χ2v) is 5.53. The molecule has 1 aromatic heterocycles. The second-order valence-electron chi connectivity index (χ2n) is 5.53. The molecule has 5 heteroatoms. The van der Waals surface area contributed by atoms with Gasteiger partial charge in [-0.05, 0) is 42.3 Å². The molecular formula is C19H16FN3O. The van der Waals surface area contributed by atoms with Gasteiger partial charge in [-0.1, -0.05) is 24.3 Å². The minimum atomic E-state index is -0.303. The van der Waals surface area contributed by atoms with Gasteiger partial charge in [0.1, 0.15) is 23.3 Å². The number of anilines is 1. The standard InChI is InChI=1S/C19H16FN3O/c1-13-3-2-4-17(9-13)24-19-18(22)10-16(11-21)23(19)12-14-5-7-15(20)8-6-14/h2-10H,12,22H2,1H3. The van der Waals surface area contributed by atoms with Crippen molar-refractivity contribution in [1.82, 2.24) is 4.57 Å². The van der Waals surface area contributed by atoms with E-state index in [-0.39, 0.29) is 5.82 Å². The molecule has 0 aliphatic carbocycles. The molecule has 0 amide bonds. The number of aromatic nitrogens is 1. The number of benzene rings is 2. The number of ether oxygens (including phenoxy) is 1. The normalized spacial score (nSPS) is 10.4. The van der Waals surface area contributed by atoms with E-state index in [1.165, 1.54) is 12.1 Å². The first-order valence-corrected chi connectivity index (χ1v) is 7.45. The van der Waals surface area contributed by atoms with Crippen LogP contribution >= 0.6 is 0 Å². The lowest BCUT2D eigenvalue weighted by molar-refractivity contribution is 0.437. The highest BCUT2D eigenvalue weighted by atomic mass is 19.1. The quantitative estimate of drug-likeness (QED) is 0.782. The van der Waals surface area contributed by atoms with E-state index in [0.29, 0.717) is 29.6 Å². The summed E-state index contributed by atoms with van der Waals surface area (Å²) in [6.45, 7) is 2.33. The third-order valence-electron chi connectivity index (χ3n) is 3.65. The van der Waals surface area contributed by atoms with Gasteiger partial charge in [0, 0.05) is 6.07 Å². The highest BCUT2D eigenvalue weighted by Gasteiger charge is 2.16. The zero-order chi connectivity index (χ0) is 17.1. The Kier molecular flexibility index (Phi) is 4.21. The minimum absolute atomic E-state index is 0.303. The molecule has 0 spiro atoms. The average molecular weight is 321 g/mol. The van der Waals surface area contributed by atoms with Gasteiger partial charge < -0.3 is 10.5 Å². The maximum absolute atomic E-state index is 13.1. The van der Waals surface area contributed by atoms with E-state index in [1.807, 2.05) is 31.2 Å². The van der Waals surface area contributed by atoms with E-state index >= 15 is 0 Å². The number of nitrogens with two attached hydrogens (primary N) is 1. The van der Waals surface area contributed by atoms with Crippen molar-refractivity contribution in [2.45, 2.75) is 13.5 Å². The van der Waals surface area contributed by atoms with Gasteiger partial charge in [0.2, 0.25) is 5.88 Å². The van der Waals surface area contributed by atoms with Crippen molar-refractivity contribution in [2.75, 3.05) is 5.73 Å². The van der Waals surface area contributed by atoms with Gasteiger partial charge >= 0.3 is 0 Å². The van der Waals surface area contributed by atoms with Crippen LogP contribution in [0, 0.1) is 24.1 Å². The predicted octanol–water partition coefficient (Wildman–Crippen LogP) is 4.23. The van der Waals surface area contributed by atoms with Crippen LogP contribution < -0.4 is 10.5 Å². The van der Waals surface area contributed by atoms with Crippen LogP contribution in [-0.2, 0) is 6.54 Å². The largest absolute Gasteiger partial charge is 0.439 e. The number of nitrogens with zero attached hydrogens (tertiary/aromatic N) is 2. The maximum atomic E-state index is 13.1. The maximum Gasteiger partial charge on any atom is 0.224 e. The van der Waals surface area contributed by atoms with Crippen molar-refractivity contribution in [1.29, 1.82) is 5.26 Å². The molecular weight excluding hydrogens is 305 g/mol. The number of hydrogen-bond acceptors (Lipinski definition) is 3. The Morgan fingerprint density at radius 3 is 2.58 bits per heavy atom. The summed E-state index contributed by atoms with van der Waals surface area (Å²) < 4.78 is 20.7. The van der Waals surface area contributed by atoms with Gasteiger partial charge in [0.25, 0.3) is 0 Å². The van der Waals surface area contributed by atoms with Gasteiger partial charge in [0.05, 0.1) is 12.2 Å². The lowest BCUT2D eigenvalue weighted by atomic mass is 10.2. The molecule has 0 aliphatic heterocycles. The molecule has 0 aliphatic rings. The molecule has 2 aromatic carbocycles. The molecule has 0 saturated carbocycles. The Bertz CT molecular complexity index is 907. The molecule has 1 heterocycles. The highest BCUT2D eigenvalue weighted by Crippen LogP contribution is 2.32. The Balaban J connectivity index is 1.98. The summed E-state index contributed by atoms with van der Waals surface area (Å²) in [5.74, 6) is 0.744. The fourth-order valence-electron chi connectivity index (χ4n) is 2.48. The first-order valence-electron chi connectivity index (χ1n) is 7.45. The molecule has 3 rings (SSSR count). The Morgan fingerprint density at radius 1 is 1.17 bits per heavy atom. The Hall–Kier alpha value is -3.26. The highest BCUT2D eigenvalue weighted by molar-refractivity contribution is 5.56. The monoisotopic (exact) mass is 321 g/mol. The van der Waals surface area contributed by atoms with Crippen LogP contribution in [0.15, 0.2) is 54.6 Å². The summed E-state index contributed by atoms with van der Waals surface area (Å²) in [6, 6.07) is 17.4. The lowest BCUT2D eigenvalue weighted by Crippen LogP contribution is -2.05. The van der Waals surface area contributed by atoms with Crippen molar-refractivity contribution < 1.29 is 9.13 Å². The van der Waals surface area contributed by atoms with Crippen molar-refractivity contribution in [2.24, 2.45) is 0 Å². The summed E-state index contributed by atoms with van der Waals surface area (Å²) in [7, 11) is 0. The van der Waals surface area contributed by atoms with Gasteiger partial charge in [-0.2, -0.15) is 5.26 Å². The van der Waals surface area contributed by atoms with Crippen LogP contribution in [0.25, 0.3) is 0 Å². The van der Waals surface area contributed by atoms with Crippen molar-refractivity contribution >= 4 is 5.69 Å². The molecule has 3 aromatic rings. The number of aryl methyl sites for hydroxylation is 1. The first kappa shape index (κ1) is 15.6. The molecule has 0 bridgehead atoms. The van der Waals surface area contributed by atoms with Crippen LogP contribution in [0.5, 0.6) is 11.6 Å². The van der Waals surface area contributed by atoms with E-state index in [9.17, 15) is 9.65 Å². The fourth-order valence-corrected chi connectivity index (χ4v) is 2.48. The zero-order valence-electron chi connectivity index (χ0n) is 13.2. The molecule has 0 saturated heterocycles. The predicted molar refractivity (Wildman–Crippen MR) is 90.3 cm³/mol. The summed E-state index contributed by atoms with van der Waals surface area (Å²) in [6.07, 6.45) is 0. The van der Waals surface area contributed by atoms with Crippen molar-refractivity contribution in [3.05, 3.63) is 77.2 Å². The van der Waals surface area contributed by atoms with Crippen molar-refractivity contribution in [3.8, 4) is 17.7 Å². The number of hydrogen-bond donors (Lipinski definition) is 1. The third-order valence-corrected chi connectivity index (χ3v) is 3.65. The molecule has 0 radical (unpaired) electrons. The number of rotatable bonds is 4. The summed E-state index contributed by atoms with van der Waals surface area (Å²) >= 11 is 0. The number of halogens is 1. The smallest absolute Gasteiger partial charge is 0.224 e. The zero-order valence-corrected chi connectivity index (χ0v) is 13.2. The molecule has 0 atom stereocenters. The van der Waals surface area contributed by atoms with Crippen LogP contribution in [0.3, 0.4) is 0 Å². The van der Waals surface area contributed by atoms with Crippen LogP contribution in [0.4, 0.5) is 10.1 Å². The molecule has 4 nitrogen and oxygen atoms in total. The van der Waals surface area contributed by atoms with Gasteiger partial charge in [-0.15, -0.1) is 0 Å². The molecule has 24 heavy (non-hydrogen) atoms. The van der Waals surface area contributed by atoms with E-state index < -0.39 is 0 Å². The molecule has 0 unspecified atom stereocenters. The first-order chi connectivity index (χ1) is 11.6. The van der Waals surface area contributed by atoms with Crippen LogP contribution in [0.2, 0.25) is 0 Å². The van der Waals surface area contributed by atoms with E-state index in [2.05, 4.69) is 6.07 Å². The molecule has 0 fully saturated rings. The average Bonchev–Trinajstić information content (AvgIpc) is 2.85. The third kappa shape index (κ3) is 3.23. The summed E-state index contributed by atoms with van der Waals surface area (Å²) in [4.78, 5) is 0. The van der Waals surface area contributed by atoms with Crippen LogP contribution in [0.1, 0.15) is 16.8 Å². The molecule has 2 N–H and O–H groups in total. The van der Waals surface area contributed by atoms with E-state index in [0.717, 1.165) is 11.1 Å². The SMILES string of the molecule is Cc1cccc(Oc2c(N)cc(C#N)n2Cc2ccc(F)cc2)c1. The Labute approximate surface area is 139 Å². The Morgan fingerprint density at radius 2 is 1.92 bits per heavy atom. The fraction of sp³-hybridized carbons (Fsp3) is 0.105. The number of nitriles is 1. The topological polar surface area (TPSA) is 64.0 Å². The van der Waals surface area contributed by atoms with Gasteiger partial charge in [0.15, 0.2) is 0 Å². The minimum Gasteiger partial charge on any atom is -0.439 e. The number of nitrogen functional groups attached to an aromatic ring is 1. The van der Waals surface area contributed by atoms with Gasteiger partial charge in [-0.3, -0.25) is 4.57 Å². The van der Waals surface area contributed by atoms with Crippen molar-refractivity contribution in [3.63, 3.8) is 0 Å². The summed E-state index contributed by atoms with van der Waals surface area (Å²) in [5, 5.41) is 9.35. The molecule has 120 valence electrons. The lowest BCUT2D eigenvalue weighted by Gasteiger charge is -2.13.